The molecule has 1 amide bonds. The zero-order valence-electron chi connectivity index (χ0n) is 19.0. The lowest BCUT2D eigenvalue weighted by Gasteiger charge is -2.33. The first-order chi connectivity index (χ1) is 15.7. The number of carbonyl (C=O) groups is 1. The Bertz CT molecular complexity index is 1260. The Balaban J connectivity index is 1.19. The highest BCUT2D eigenvalue weighted by molar-refractivity contribution is 5.94. The fourth-order valence-electron chi connectivity index (χ4n) is 4.05. The number of hydrogen-bond donors (Lipinski definition) is 1. The van der Waals surface area contributed by atoms with Gasteiger partial charge in [-0.25, -0.2) is 9.37 Å². The van der Waals surface area contributed by atoms with E-state index in [9.17, 15) is 9.18 Å². The number of nitrogens with one attached hydrogen (secondary N) is 1. The summed E-state index contributed by atoms with van der Waals surface area (Å²) in [4.78, 5) is 25.8. The first-order valence-corrected chi connectivity index (χ1v) is 11.1. The number of piperazine rings is 1. The second-order valence-corrected chi connectivity index (χ2v) is 9.13. The van der Waals surface area contributed by atoms with Crippen molar-refractivity contribution >= 4 is 23.2 Å². The molecule has 1 aromatic carbocycles. The van der Waals surface area contributed by atoms with E-state index in [2.05, 4.69) is 15.1 Å². The summed E-state index contributed by atoms with van der Waals surface area (Å²) in [6.07, 6.45) is 1.88. The van der Waals surface area contributed by atoms with E-state index in [0.717, 1.165) is 17.0 Å². The fraction of sp³-hybridized carbons (Fsp3) is 0.375. The first kappa shape index (κ1) is 21.2. The van der Waals surface area contributed by atoms with Gasteiger partial charge in [-0.3, -0.25) is 14.6 Å². The van der Waals surface area contributed by atoms with Crippen LogP contribution in [0.5, 0.6) is 0 Å². The van der Waals surface area contributed by atoms with Crippen LogP contribution in [0.3, 0.4) is 0 Å². The molecule has 1 aliphatic heterocycles. The van der Waals surface area contributed by atoms with Crippen molar-refractivity contribution in [2.75, 3.05) is 31.1 Å². The standard InChI is InChI=1S/C24H27FN6O2/c1-16-4-9-20-21(26-16)27-23(33-20)30-12-10-29(11-13-30)22(32)18-7-5-17(6-8-18)19-14-31(28-19)15-24(2,3)25/h4-9,14,28H,10-13,15H2,1-3H3. The number of fused-ring (bicyclic) bond motifs is 1. The number of aryl methyl sites for hydroxylation is 1. The monoisotopic (exact) mass is 450 g/mol. The lowest BCUT2D eigenvalue weighted by Crippen LogP contribution is -2.48. The van der Waals surface area contributed by atoms with Gasteiger partial charge in [-0.1, -0.05) is 12.1 Å². The molecule has 0 aliphatic carbocycles. The van der Waals surface area contributed by atoms with Crippen LogP contribution in [-0.4, -0.2) is 62.4 Å². The largest absolute Gasteiger partial charge is 0.422 e. The van der Waals surface area contributed by atoms with Crippen LogP contribution in [0.1, 0.15) is 29.9 Å². The van der Waals surface area contributed by atoms with Crippen molar-refractivity contribution in [1.29, 1.82) is 0 Å². The molecular formula is C24H27FN6O2. The molecule has 1 fully saturated rings. The van der Waals surface area contributed by atoms with Crippen molar-refractivity contribution in [3.8, 4) is 11.3 Å². The summed E-state index contributed by atoms with van der Waals surface area (Å²) in [6.45, 7) is 7.77. The summed E-state index contributed by atoms with van der Waals surface area (Å²) in [7, 11) is 0. The van der Waals surface area contributed by atoms with Crippen LogP contribution in [0, 0.1) is 6.92 Å². The van der Waals surface area contributed by atoms with Gasteiger partial charge < -0.3 is 14.2 Å². The van der Waals surface area contributed by atoms with Crippen LogP contribution in [0.2, 0.25) is 0 Å². The van der Waals surface area contributed by atoms with Crippen molar-refractivity contribution < 1.29 is 13.6 Å². The average Bonchev–Trinajstić information content (AvgIpc) is 3.18. The normalized spacial score (nSPS) is 14.9. The van der Waals surface area contributed by atoms with Gasteiger partial charge in [-0.2, -0.15) is 4.98 Å². The predicted molar refractivity (Wildman–Crippen MR) is 124 cm³/mol. The maximum Gasteiger partial charge on any atom is 0.300 e. The van der Waals surface area contributed by atoms with Crippen LogP contribution in [0.15, 0.2) is 47.0 Å². The van der Waals surface area contributed by atoms with Gasteiger partial charge in [0.25, 0.3) is 11.9 Å². The van der Waals surface area contributed by atoms with Crippen LogP contribution >= 0.6 is 0 Å². The number of aromatic nitrogens is 4. The second kappa shape index (κ2) is 8.06. The SMILES string of the molecule is Cc1ccc2oc(N3CCN(C(=O)c4ccc(-c5cn(CC(C)(C)F)[nH]5)cc4)CC3)nc2n1. The van der Waals surface area contributed by atoms with Crippen LogP contribution in [-0.2, 0) is 6.54 Å². The average molecular weight is 451 g/mol. The molecule has 4 aromatic rings. The number of nitrogens with zero attached hydrogens (tertiary/aromatic N) is 5. The van der Waals surface area contributed by atoms with Crippen molar-refractivity contribution in [1.82, 2.24) is 24.6 Å². The van der Waals surface area contributed by atoms with Crippen LogP contribution < -0.4 is 4.90 Å². The molecule has 5 rings (SSSR count). The Hall–Kier alpha value is -3.62. The van der Waals surface area contributed by atoms with Gasteiger partial charge in [0.15, 0.2) is 5.58 Å². The van der Waals surface area contributed by atoms with Gasteiger partial charge in [0.05, 0.1) is 12.2 Å². The summed E-state index contributed by atoms with van der Waals surface area (Å²) >= 11 is 0. The Labute approximate surface area is 191 Å². The van der Waals surface area contributed by atoms with E-state index in [1.165, 1.54) is 0 Å². The number of rotatable bonds is 5. The minimum Gasteiger partial charge on any atom is -0.422 e. The summed E-state index contributed by atoms with van der Waals surface area (Å²) in [5.41, 5.74) is 3.42. The molecular weight excluding hydrogens is 423 g/mol. The first-order valence-electron chi connectivity index (χ1n) is 11.1. The molecule has 9 heteroatoms. The minimum absolute atomic E-state index is 0.00686. The third kappa shape index (κ3) is 4.48. The molecule has 1 N–H and O–H groups in total. The van der Waals surface area contributed by atoms with E-state index in [0.29, 0.717) is 49.0 Å². The van der Waals surface area contributed by atoms with Gasteiger partial charge >= 0.3 is 0 Å². The third-order valence-electron chi connectivity index (χ3n) is 5.76. The molecule has 8 nitrogen and oxygen atoms in total. The topological polar surface area (TPSA) is 83.2 Å². The van der Waals surface area contributed by atoms with E-state index in [1.54, 1.807) is 18.5 Å². The highest BCUT2D eigenvalue weighted by atomic mass is 19.1. The maximum atomic E-state index is 13.7. The third-order valence-corrected chi connectivity index (χ3v) is 5.76. The van der Waals surface area contributed by atoms with E-state index in [1.807, 2.05) is 59.3 Å². The molecule has 3 aromatic heterocycles. The number of hydrogen-bond acceptors (Lipinski definition) is 5. The van der Waals surface area contributed by atoms with E-state index in [4.69, 9.17) is 4.42 Å². The number of oxazole rings is 1. The smallest absolute Gasteiger partial charge is 0.300 e. The second-order valence-electron chi connectivity index (χ2n) is 9.13. The molecule has 1 aliphatic rings. The van der Waals surface area contributed by atoms with Crippen molar-refractivity contribution in [2.45, 2.75) is 33.0 Å². The summed E-state index contributed by atoms with van der Waals surface area (Å²) in [5, 5.41) is 3.13. The van der Waals surface area contributed by atoms with E-state index >= 15 is 0 Å². The molecule has 4 heterocycles. The lowest BCUT2D eigenvalue weighted by molar-refractivity contribution is 0.0745. The van der Waals surface area contributed by atoms with Gasteiger partial charge in [-0.15, -0.1) is 0 Å². The van der Waals surface area contributed by atoms with Gasteiger partial charge in [0, 0.05) is 49.2 Å². The molecule has 33 heavy (non-hydrogen) atoms. The molecule has 0 radical (unpaired) electrons. The Kier molecular flexibility index (Phi) is 5.19. The molecule has 0 bridgehead atoms. The number of aromatic amines is 1. The zero-order valence-corrected chi connectivity index (χ0v) is 19.0. The molecule has 0 atom stereocenters. The van der Waals surface area contributed by atoms with Crippen molar-refractivity contribution in [3.05, 3.63) is 53.9 Å². The fourth-order valence-corrected chi connectivity index (χ4v) is 4.05. The number of halogens is 1. The highest BCUT2D eigenvalue weighted by Crippen LogP contribution is 2.24. The van der Waals surface area contributed by atoms with E-state index < -0.39 is 5.67 Å². The lowest BCUT2D eigenvalue weighted by atomic mass is 10.1. The molecule has 0 saturated carbocycles. The zero-order chi connectivity index (χ0) is 23.2. The van der Waals surface area contributed by atoms with E-state index in [-0.39, 0.29) is 12.5 Å². The molecule has 0 spiro atoms. The minimum atomic E-state index is -1.27. The number of amides is 1. The quantitative estimate of drug-likeness (QED) is 0.496. The Morgan fingerprint density at radius 1 is 1.09 bits per heavy atom. The summed E-state index contributed by atoms with van der Waals surface area (Å²) in [5.74, 6) is 0.00686. The Morgan fingerprint density at radius 2 is 1.79 bits per heavy atom. The number of carbonyl (C=O) groups excluding carboxylic acids is 1. The molecule has 1 saturated heterocycles. The molecule has 0 unspecified atom stereocenters. The number of anilines is 1. The highest BCUT2D eigenvalue weighted by Gasteiger charge is 2.25. The number of pyridine rings is 1. The Morgan fingerprint density at radius 3 is 2.45 bits per heavy atom. The van der Waals surface area contributed by atoms with Gasteiger partial charge in [-0.05, 0) is 45.0 Å². The summed E-state index contributed by atoms with van der Waals surface area (Å²) < 4.78 is 21.3. The van der Waals surface area contributed by atoms with Crippen LogP contribution in [0.4, 0.5) is 10.4 Å². The van der Waals surface area contributed by atoms with Gasteiger partial charge in [0.2, 0.25) is 5.65 Å². The number of alkyl halides is 1. The van der Waals surface area contributed by atoms with Crippen molar-refractivity contribution in [3.63, 3.8) is 0 Å². The number of benzene rings is 1. The maximum absolute atomic E-state index is 13.7. The summed E-state index contributed by atoms with van der Waals surface area (Å²) in [6, 6.07) is 11.8. The van der Waals surface area contributed by atoms with Crippen LogP contribution in [0.25, 0.3) is 22.5 Å². The van der Waals surface area contributed by atoms with Crippen molar-refractivity contribution in [2.24, 2.45) is 0 Å². The van der Waals surface area contributed by atoms with Gasteiger partial charge in [0.1, 0.15) is 5.67 Å². The number of H-pyrrole nitrogens is 1. The predicted octanol–water partition coefficient (Wildman–Crippen LogP) is 4.04. The molecule has 172 valence electrons.